The standard InChI is InChI=1S/C12H9BrN2O/c1-8-6-11(15-14-7-8)12(16)9-2-4-10(13)5-3-9/h2-7H,1H3. The van der Waals surface area contributed by atoms with E-state index in [1.165, 1.54) is 0 Å². The lowest BCUT2D eigenvalue weighted by atomic mass is 10.1. The fraction of sp³-hybridized carbons (Fsp3) is 0.0833. The Morgan fingerprint density at radius 3 is 2.56 bits per heavy atom. The van der Waals surface area contributed by atoms with Crippen LogP contribution < -0.4 is 0 Å². The van der Waals surface area contributed by atoms with Gasteiger partial charge in [0, 0.05) is 10.0 Å². The second-order valence-corrected chi connectivity index (χ2v) is 4.37. The number of hydrogen-bond donors (Lipinski definition) is 0. The van der Waals surface area contributed by atoms with E-state index in [0.717, 1.165) is 10.0 Å². The van der Waals surface area contributed by atoms with E-state index in [0.29, 0.717) is 11.3 Å². The van der Waals surface area contributed by atoms with Crippen LogP contribution in [0.15, 0.2) is 41.0 Å². The fourth-order valence-electron chi connectivity index (χ4n) is 1.32. The largest absolute Gasteiger partial charge is 0.287 e. The molecule has 0 N–H and O–H groups in total. The van der Waals surface area contributed by atoms with Gasteiger partial charge in [-0.3, -0.25) is 4.79 Å². The van der Waals surface area contributed by atoms with E-state index in [1.807, 2.05) is 19.1 Å². The van der Waals surface area contributed by atoms with Crippen molar-refractivity contribution in [3.63, 3.8) is 0 Å². The average Bonchev–Trinajstić information content (AvgIpc) is 2.29. The normalized spacial score (nSPS) is 10.1. The number of halogens is 1. The molecule has 2 aromatic rings. The van der Waals surface area contributed by atoms with Crippen molar-refractivity contribution < 1.29 is 4.79 Å². The lowest BCUT2D eigenvalue weighted by molar-refractivity contribution is 0.103. The summed E-state index contributed by atoms with van der Waals surface area (Å²) < 4.78 is 0.944. The lowest BCUT2D eigenvalue weighted by Gasteiger charge is -2.00. The molecule has 0 radical (unpaired) electrons. The molecule has 1 aromatic carbocycles. The van der Waals surface area contributed by atoms with Crippen molar-refractivity contribution in [1.82, 2.24) is 10.2 Å². The second-order valence-electron chi connectivity index (χ2n) is 3.45. The Labute approximate surface area is 102 Å². The maximum absolute atomic E-state index is 12.0. The maximum atomic E-state index is 12.0. The van der Waals surface area contributed by atoms with Crippen molar-refractivity contribution in [2.45, 2.75) is 6.92 Å². The third-order valence-electron chi connectivity index (χ3n) is 2.13. The highest BCUT2D eigenvalue weighted by Crippen LogP contribution is 2.13. The molecule has 0 unspecified atom stereocenters. The fourth-order valence-corrected chi connectivity index (χ4v) is 1.59. The van der Waals surface area contributed by atoms with Gasteiger partial charge in [-0.1, -0.05) is 15.9 Å². The van der Waals surface area contributed by atoms with Gasteiger partial charge in [-0.15, -0.1) is 5.10 Å². The van der Waals surface area contributed by atoms with Crippen LogP contribution in [0.4, 0.5) is 0 Å². The summed E-state index contributed by atoms with van der Waals surface area (Å²) in [5.74, 6) is -0.108. The van der Waals surface area contributed by atoms with Crippen LogP contribution in [-0.2, 0) is 0 Å². The van der Waals surface area contributed by atoms with E-state index in [2.05, 4.69) is 26.1 Å². The highest BCUT2D eigenvalue weighted by atomic mass is 79.9. The SMILES string of the molecule is Cc1cnnc(C(=O)c2ccc(Br)cc2)c1. The van der Waals surface area contributed by atoms with Crippen LogP contribution in [0, 0.1) is 6.92 Å². The van der Waals surface area contributed by atoms with Gasteiger partial charge < -0.3 is 0 Å². The molecule has 0 spiro atoms. The summed E-state index contributed by atoms with van der Waals surface area (Å²) in [5, 5.41) is 7.60. The Hall–Kier alpha value is -1.55. The van der Waals surface area contributed by atoms with E-state index in [9.17, 15) is 4.79 Å². The third-order valence-corrected chi connectivity index (χ3v) is 2.66. The van der Waals surface area contributed by atoms with Crippen molar-refractivity contribution in [1.29, 1.82) is 0 Å². The Bertz CT molecular complexity index is 523. The van der Waals surface area contributed by atoms with Crippen LogP contribution in [0.25, 0.3) is 0 Å². The molecule has 4 heteroatoms. The van der Waals surface area contributed by atoms with Gasteiger partial charge in [-0.2, -0.15) is 5.10 Å². The van der Waals surface area contributed by atoms with Gasteiger partial charge in [0.15, 0.2) is 0 Å². The number of aryl methyl sites for hydroxylation is 1. The van der Waals surface area contributed by atoms with Gasteiger partial charge in [-0.25, -0.2) is 0 Å². The summed E-state index contributed by atoms with van der Waals surface area (Å²) in [5.41, 5.74) is 1.92. The molecule has 0 saturated carbocycles. The summed E-state index contributed by atoms with van der Waals surface area (Å²) in [6, 6.07) is 8.91. The Kier molecular flexibility index (Phi) is 3.10. The number of benzene rings is 1. The van der Waals surface area contributed by atoms with E-state index >= 15 is 0 Å². The van der Waals surface area contributed by atoms with Gasteiger partial charge >= 0.3 is 0 Å². The second kappa shape index (κ2) is 4.53. The summed E-state index contributed by atoms with van der Waals surface area (Å²) in [6.45, 7) is 1.88. The molecule has 3 nitrogen and oxygen atoms in total. The van der Waals surface area contributed by atoms with Crippen LogP contribution in [0.3, 0.4) is 0 Å². The van der Waals surface area contributed by atoms with Crippen molar-refractivity contribution in [3.05, 3.63) is 57.8 Å². The van der Waals surface area contributed by atoms with Gasteiger partial charge in [-0.05, 0) is 42.8 Å². The molecule has 0 amide bonds. The van der Waals surface area contributed by atoms with Crippen LogP contribution in [0.2, 0.25) is 0 Å². The first-order chi connectivity index (χ1) is 7.66. The van der Waals surface area contributed by atoms with Crippen molar-refractivity contribution in [2.75, 3.05) is 0 Å². The highest BCUT2D eigenvalue weighted by molar-refractivity contribution is 9.10. The van der Waals surface area contributed by atoms with Crippen LogP contribution in [0.5, 0.6) is 0 Å². The molecule has 0 aliphatic carbocycles. The minimum atomic E-state index is -0.108. The van der Waals surface area contributed by atoms with Gasteiger partial charge in [0.05, 0.1) is 6.20 Å². The summed E-state index contributed by atoms with van der Waals surface area (Å²) in [6.07, 6.45) is 1.62. The number of rotatable bonds is 2. The van der Waals surface area contributed by atoms with Crippen molar-refractivity contribution in [3.8, 4) is 0 Å². The molecule has 80 valence electrons. The molecular formula is C12H9BrN2O. The average molecular weight is 277 g/mol. The van der Waals surface area contributed by atoms with Gasteiger partial charge in [0.1, 0.15) is 5.69 Å². The van der Waals surface area contributed by atoms with Crippen LogP contribution in [0.1, 0.15) is 21.6 Å². The van der Waals surface area contributed by atoms with Gasteiger partial charge in [0.25, 0.3) is 0 Å². The molecule has 0 aliphatic heterocycles. The molecule has 2 rings (SSSR count). The summed E-state index contributed by atoms with van der Waals surface area (Å²) >= 11 is 3.32. The predicted molar refractivity (Wildman–Crippen MR) is 64.3 cm³/mol. The molecule has 0 fully saturated rings. The zero-order valence-electron chi connectivity index (χ0n) is 8.64. The molecule has 0 aliphatic rings. The number of ketones is 1. The monoisotopic (exact) mass is 276 g/mol. The van der Waals surface area contributed by atoms with Crippen LogP contribution >= 0.6 is 15.9 Å². The quantitative estimate of drug-likeness (QED) is 0.793. The molecule has 1 heterocycles. The highest BCUT2D eigenvalue weighted by Gasteiger charge is 2.10. The van der Waals surface area contributed by atoms with E-state index in [4.69, 9.17) is 0 Å². The topological polar surface area (TPSA) is 42.9 Å². The Morgan fingerprint density at radius 1 is 1.25 bits per heavy atom. The first kappa shape index (κ1) is 11.0. The number of nitrogens with zero attached hydrogens (tertiary/aromatic N) is 2. The van der Waals surface area contributed by atoms with E-state index < -0.39 is 0 Å². The lowest BCUT2D eigenvalue weighted by Crippen LogP contribution is -2.05. The van der Waals surface area contributed by atoms with Crippen LogP contribution in [-0.4, -0.2) is 16.0 Å². The molecule has 1 aromatic heterocycles. The minimum Gasteiger partial charge on any atom is -0.287 e. The number of carbonyl (C=O) groups is 1. The zero-order valence-corrected chi connectivity index (χ0v) is 10.2. The third kappa shape index (κ3) is 2.33. The molecule has 0 saturated heterocycles. The molecule has 0 atom stereocenters. The van der Waals surface area contributed by atoms with Crippen molar-refractivity contribution >= 4 is 21.7 Å². The molecule has 0 bridgehead atoms. The van der Waals surface area contributed by atoms with Gasteiger partial charge in [0.2, 0.25) is 5.78 Å². The predicted octanol–water partition coefficient (Wildman–Crippen LogP) is 2.78. The molecule has 16 heavy (non-hydrogen) atoms. The number of aromatic nitrogens is 2. The van der Waals surface area contributed by atoms with E-state index in [1.54, 1.807) is 24.4 Å². The Balaban J connectivity index is 2.35. The van der Waals surface area contributed by atoms with Crippen molar-refractivity contribution in [2.24, 2.45) is 0 Å². The number of carbonyl (C=O) groups excluding carboxylic acids is 1. The first-order valence-corrected chi connectivity index (χ1v) is 5.56. The molecular weight excluding hydrogens is 268 g/mol. The summed E-state index contributed by atoms with van der Waals surface area (Å²) in [4.78, 5) is 12.0. The van der Waals surface area contributed by atoms with E-state index in [-0.39, 0.29) is 5.78 Å². The Morgan fingerprint density at radius 2 is 1.94 bits per heavy atom. The number of hydrogen-bond acceptors (Lipinski definition) is 3. The minimum absolute atomic E-state index is 0.108. The smallest absolute Gasteiger partial charge is 0.213 e. The maximum Gasteiger partial charge on any atom is 0.213 e. The zero-order chi connectivity index (χ0) is 11.5. The first-order valence-electron chi connectivity index (χ1n) is 4.76. The summed E-state index contributed by atoms with van der Waals surface area (Å²) in [7, 11) is 0.